The van der Waals surface area contributed by atoms with Gasteiger partial charge in [-0.2, -0.15) is 0 Å². The summed E-state index contributed by atoms with van der Waals surface area (Å²) in [5, 5.41) is 1.54. The van der Waals surface area contributed by atoms with Gasteiger partial charge in [0, 0.05) is 50.8 Å². The summed E-state index contributed by atoms with van der Waals surface area (Å²) in [4.78, 5) is 8.21. The lowest BCUT2D eigenvalue weighted by Gasteiger charge is -2.61. The van der Waals surface area contributed by atoms with Crippen LogP contribution in [-0.4, -0.2) is 20.3 Å². The topological polar surface area (TPSA) is 9.72 Å². The lowest BCUT2D eigenvalue weighted by molar-refractivity contribution is -0.0311. The number of nitrogens with zero attached hydrogens (tertiary/aromatic N) is 3. The standard InChI is InChI=1S/C69H82BN3Si/c1-63(2,3)46-27-24-28-49(37-46)71-59-39-48(65(7,8)9)31-34-55(59)70-54-29-22-23-30-58(54)72(56-35-32-47(64(4,5)6)38-52(56)45-25-20-19-21-26-45)61-41-50(40-60(71)62(61)70)73-57-36-33-51(74(16,17)18)42-53(57)68(14)43-66(10,11)67(12,13)44-69(68,73)15/h19-42H,43-44H2,1-18H3. The summed E-state index contributed by atoms with van der Waals surface area (Å²) < 4.78 is 0. The number of anilines is 8. The van der Waals surface area contributed by atoms with Gasteiger partial charge >= 0.3 is 0 Å². The van der Waals surface area contributed by atoms with E-state index in [0.29, 0.717) is 0 Å². The smallest absolute Gasteiger partial charge is 0.252 e. The minimum atomic E-state index is -1.67. The van der Waals surface area contributed by atoms with Crippen LogP contribution in [0.1, 0.15) is 139 Å². The Kier molecular flexibility index (Phi) is 11.1. The lowest BCUT2D eigenvalue weighted by Crippen LogP contribution is -2.63. The van der Waals surface area contributed by atoms with E-state index in [1.807, 2.05) is 0 Å². The largest absolute Gasteiger partial charge is 0.334 e. The van der Waals surface area contributed by atoms with Crippen molar-refractivity contribution in [3.05, 3.63) is 168 Å². The zero-order chi connectivity index (χ0) is 53.1. The Morgan fingerprint density at radius 2 is 1.01 bits per heavy atom. The Labute approximate surface area is 447 Å². The first kappa shape index (κ1) is 50.4. The number of rotatable bonds is 5. The van der Waals surface area contributed by atoms with Crippen LogP contribution in [-0.2, 0) is 21.7 Å². The van der Waals surface area contributed by atoms with E-state index in [9.17, 15) is 0 Å². The average molecular weight is 992 g/mol. The van der Waals surface area contributed by atoms with Gasteiger partial charge in [-0.25, -0.2) is 0 Å². The van der Waals surface area contributed by atoms with Gasteiger partial charge in [0.05, 0.1) is 19.3 Å². The summed E-state index contributed by atoms with van der Waals surface area (Å²) in [5.41, 5.74) is 21.8. The first-order valence-electron chi connectivity index (χ1n) is 27.7. The number of hydrogen-bond acceptors (Lipinski definition) is 3. The average Bonchev–Trinajstić information content (AvgIpc) is 3.50. The van der Waals surface area contributed by atoms with Gasteiger partial charge in [-0.1, -0.05) is 213 Å². The molecule has 0 radical (unpaired) electrons. The first-order chi connectivity index (χ1) is 34.4. The Bertz CT molecular complexity index is 3390. The van der Waals surface area contributed by atoms with Crippen LogP contribution in [0.4, 0.5) is 45.5 Å². The Morgan fingerprint density at radius 3 is 1.68 bits per heavy atom. The summed E-state index contributed by atoms with van der Waals surface area (Å²) in [6.45, 7) is 44.1. The Hall–Kier alpha value is -5.78. The molecule has 74 heavy (non-hydrogen) atoms. The summed E-state index contributed by atoms with van der Waals surface area (Å²) in [6, 6.07) is 57.6. The van der Waals surface area contributed by atoms with E-state index < -0.39 is 8.07 Å². The van der Waals surface area contributed by atoms with Crippen molar-refractivity contribution in [3.63, 3.8) is 0 Å². The molecule has 0 spiro atoms. The fourth-order valence-corrected chi connectivity index (χ4v) is 15.0. The summed E-state index contributed by atoms with van der Waals surface area (Å²) >= 11 is 0. The van der Waals surface area contributed by atoms with Crippen molar-refractivity contribution in [2.75, 3.05) is 14.7 Å². The molecular formula is C69H82BN3Si. The van der Waals surface area contributed by atoms with Crippen molar-refractivity contribution in [2.45, 2.75) is 164 Å². The number of hydrogen-bond donors (Lipinski definition) is 0. The number of para-hydroxylation sites is 1. The van der Waals surface area contributed by atoms with Gasteiger partial charge in [0.1, 0.15) is 0 Å². The molecule has 4 aliphatic rings. The van der Waals surface area contributed by atoms with Crippen LogP contribution < -0.4 is 36.3 Å². The Morgan fingerprint density at radius 1 is 0.446 bits per heavy atom. The molecule has 3 nitrogen and oxygen atoms in total. The van der Waals surface area contributed by atoms with Crippen LogP contribution in [0, 0.1) is 10.8 Å². The maximum absolute atomic E-state index is 2.86. The predicted octanol–water partition coefficient (Wildman–Crippen LogP) is 16.9. The van der Waals surface area contributed by atoms with E-state index in [-0.39, 0.29) is 44.7 Å². The molecule has 5 heteroatoms. The third-order valence-corrected chi connectivity index (χ3v) is 21.1. The second kappa shape index (κ2) is 16.4. The molecule has 1 aliphatic carbocycles. The van der Waals surface area contributed by atoms with E-state index in [4.69, 9.17) is 0 Å². The highest BCUT2D eigenvalue weighted by Crippen LogP contribution is 2.68. The maximum Gasteiger partial charge on any atom is 0.252 e. The molecule has 2 unspecified atom stereocenters. The van der Waals surface area contributed by atoms with Gasteiger partial charge in [0.25, 0.3) is 6.71 Å². The quantitative estimate of drug-likeness (QED) is 0.159. The summed E-state index contributed by atoms with van der Waals surface area (Å²) in [6.07, 6.45) is 2.17. The van der Waals surface area contributed by atoms with Crippen molar-refractivity contribution in [1.29, 1.82) is 0 Å². The SMILES string of the molecule is CC(C)(C)c1cccc(N2c3cc(C(C)(C)C)ccc3B3c4ccccc4N(c4ccc(C(C)(C)C)cc4-c4ccccc4)c4cc(N5c6ccc([Si](C)(C)C)cc6C6(C)CC(C)(C)C(C)(C)CC56C)cc2c43)c1. The molecule has 380 valence electrons. The van der Waals surface area contributed by atoms with Gasteiger partial charge < -0.3 is 14.7 Å². The van der Waals surface area contributed by atoms with Crippen LogP contribution >= 0.6 is 0 Å². The molecule has 0 saturated heterocycles. The fourth-order valence-electron chi connectivity index (χ4n) is 13.9. The van der Waals surface area contributed by atoms with E-state index >= 15 is 0 Å². The predicted molar refractivity (Wildman–Crippen MR) is 326 cm³/mol. The second-order valence-corrected chi connectivity index (χ2v) is 33.9. The van der Waals surface area contributed by atoms with Gasteiger partial charge in [0.15, 0.2) is 0 Å². The molecule has 1 fully saturated rings. The highest BCUT2D eigenvalue weighted by Gasteiger charge is 2.65. The van der Waals surface area contributed by atoms with Crippen molar-refractivity contribution in [3.8, 4) is 11.1 Å². The highest BCUT2D eigenvalue weighted by molar-refractivity contribution is 7.00. The van der Waals surface area contributed by atoms with Crippen LogP contribution in [0.3, 0.4) is 0 Å². The molecule has 0 aromatic heterocycles. The van der Waals surface area contributed by atoms with E-state index in [1.165, 1.54) is 95.3 Å². The molecular weight excluding hydrogens is 910 g/mol. The maximum atomic E-state index is 2.86. The van der Waals surface area contributed by atoms with Crippen LogP contribution in [0.2, 0.25) is 19.6 Å². The van der Waals surface area contributed by atoms with Gasteiger partial charge in [-0.3, -0.25) is 0 Å². The highest BCUT2D eigenvalue weighted by atomic mass is 28.3. The van der Waals surface area contributed by atoms with Gasteiger partial charge in [0.2, 0.25) is 0 Å². The second-order valence-electron chi connectivity index (χ2n) is 28.8. The molecule has 3 aliphatic heterocycles. The van der Waals surface area contributed by atoms with Crippen molar-refractivity contribution in [1.82, 2.24) is 0 Å². The van der Waals surface area contributed by atoms with Crippen molar-refractivity contribution >= 4 is 81.9 Å². The monoisotopic (exact) mass is 992 g/mol. The fraction of sp³-hybridized carbons (Fsp3) is 0.391. The molecule has 2 atom stereocenters. The molecule has 0 N–H and O–H groups in total. The Balaban J connectivity index is 1.30. The van der Waals surface area contributed by atoms with Gasteiger partial charge in [-0.15, -0.1) is 0 Å². The first-order valence-corrected chi connectivity index (χ1v) is 31.2. The van der Waals surface area contributed by atoms with Crippen molar-refractivity contribution in [2.24, 2.45) is 10.8 Å². The van der Waals surface area contributed by atoms with E-state index in [0.717, 1.165) is 12.8 Å². The summed E-state index contributed by atoms with van der Waals surface area (Å²) in [7, 11) is -1.67. The molecule has 3 heterocycles. The van der Waals surface area contributed by atoms with E-state index in [1.54, 1.807) is 5.19 Å². The molecule has 1 saturated carbocycles. The molecule has 7 aromatic rings. The number of fused-ring (bicyclic) bond motifs is 7. The zero-order valence-electron chi connectivity index (χ0n) is 48.2. The van der Waals surface area contributed by atoms with Gasteiger partial charge in [-0.05, 0) is 146 Å². The third-order valence-electron chi connectivity index (χ3n) is 19.0. The van der Waals surface area contributed by atoms with E-state index in [2.05, 4.69) is 284 Å². The minimum Gasteiger partial charge on any atom is -0.334 e. The van der Waals surface area contributed by atoms with Crippen molar-refractivity contribution < 1.29 is 0 Å². The van der Waals surface area contributed by atoms with Crippen LogP contribution in [0.5, 0.6) is 0 Å². The normalized spacial score (nSPS) is 20.7. The van der Waals surface area contributed by atoms with Crippen LogP contribution in [0.15, 0.2) is 146 Å². The zero-order valence-corrected chi connectivity index (χ0v) is 49.2. The minimum absolute atomic E-state index is 0.00187. The van der Waals surface area contributed by atoms with Crippen LogP contribution in [0.25, 0.3) is 11.1 Å². The molecule has 0 bridgehead atoms. The lowest BCUT2D eigenvalue weighted by atomic mass is 9.33. The molecule has 0 amide bonds. The summed E-state index contributed by atoms with van der Waals surface area (Å²) in [5.74, 6) is 0. The third kappa shape index (κ3) is 7.62. The molecule has 7 aromatic carbocycles. The molecule has 11 rings (SSSR count). The number of benzene rings is 7.